The van der Waals surface area contributed by atoms with E-state index in [9.17, 15) is 9.90 Å². The molecule has 0 fully saturated rings. The SMILES string of the molecule is Cc1cc(C(=O)NCC(C)(C)CCCl)ccc1O. The van der Waals surface area contributed by atoms with E-state index in [1.165, 1.54) is 6.07 Å². The molecule has 0 heterocycles. The molecule has 100 valence electrons. The number of aryl methyl sites for hydroxylation is 1. The Balaban J connectivity index is 2.63. The van der Waals surface area contributed by atoms with Gasteiger partial charge in [-0.3, -0.25) is 4.79 Å². The van der Waals surface area contributed by atoms with Crippen LogP contribution in [0, 0.1) is 12.3 Å². The first-order valence-corrected chi connectivity index (χ1v) is 6.53. The number of nitrogens with one attached hydrogen (secondary N) is 1. The number of benzene rings is 1. The molecule has 0 aliphatic heterocycles. The third-order valence-electron chi connectivity index (χ3n) is 2.96. The first-order chi connectivity index (χ1) is 8.35. The molecular formula is C14H20ClNO2. The van der Waals surface area contributed by atoms with E-state index in [1.807, 2.05) is 0 Å². The fourth-order valence-electron chi connectivity index (χ4n) is 1.56. The minimum absolute atomic E-state index is 0.0105. The third-order valence-corrected chi connectivity index (χ3v) is 3.15. The van der Waals surface area contributed by atoms with Crippen LogP contribution >= 0.6 is 11.6 Å². The van der Waals surface area contributed by atoms with Gasteiger partial charge in [0.05, 0.1) is 0 Å². The number of amides is 1. The second-order valence-electron chi connectivity index (χ2n) is 5.29. The third kappa shape index (κ3) is 4.22. The van der Waals surface area contributed by atoms with Crippen molar-refractivity contribution >= 4 is 17.5 Å². The fourth-order valence-corrected chi connectivity index (χ4v) is 2.07. The topological polar surface area (TPSA) is 49.3 Å². The maximum atomic E-state index is 11.9. The standard InChI is InChI=1S/C14H20ClNO2/c1-10-8-11(4-5-12(10)17)13(18)16-9-14(2,3)6-7-15/h4-5,8,17H,6-7,9H2,1-3H3,(H,16,18). The highest BCUT2D eigenvalue weighted by atomic mass is 35.5. The van der Waals surface area contributed by atoms with Crippen molar-refractivity contribution in [3.63, 3.8) is 0 Å². The van der Waals surface area contributed by atoms with E-state index in [2.05, 4.69) is 19.2 Å². The number of rotatable bonds is 5. The molecule has 0 aromatic heterocycles. The summed E-state index contributed by atoms with van der Waals surface area (Å²) < 4.78 is 0. The number of alkyl halides is 1. The fraction of sp³-hybridized carbons (Fsp3) is 0.500. The smallest absolute Gasteiger partial charge is 0.251 e. The van der Waals surface area contributed by atoms with Crippen LogP contribution in [0.3, 0.4) is 0 Å². The van der Waals surface area contributed by atoms with Crippen molar-refractivity contribution in [1.29, 1.82) is 0 Å². The normalized spacial score (nSPS) is 11.3. The monoisotopic (exact) mass is 269 g/mol. The van der Waals surface area contributed by atoms with Crippen molar-refractivity contribution in [3.8, 4) is 5.75 Å². The van der Waals surface area contributed by atoms with Crippen LogP contribution in [0.5, 0.6) is 5.75 Å². The van der Waals surface area contributed by atoms with Crippen LogP contribution in [0.2, 0.25) is 0 Å². The summed E-state index contributed by atoms with van der Waals surface area (Å²) >= 11 is 5.72. The molecule has 1 rings (SSSR count). The molecule has 0 bridgehead atoms. The van der Waals surface area contributed by atoms with Crippen molar-refractivity contribution in [3.05, 3.63) is 29.3 Å². The second kappa shape index (κ2) is 6.10. The Morgan fingerprint density at radius 1 is 1.44 bits per heavy atom. The molecular weight excluding hydrogens is 250 g/mol. The Bertz CT molecular complexity index is 430. The molecule has 0 saturated heterocycles. The van der Waals surface area contributed by atoms with E-state index in [0.29, 0.717) is 23.6 Å². The molecule has 3 nitrogen and oxygen atoms in total. The van der Waals surface area contributed by atoms with Crippen LogP contribution in [0.4, 0.5) is 0 Å². The molecule has 0 aliphatic rings. The molecule has 4 heteroatoms. The highest BCUT2D eigenvalue weighted by Crippen LogP contribution is 2.20. The van der Waals surface area contributed by atoms with Gasteiger partial charge >= 0.3 is 0 Å². The number of carbonyl (C=O) groups excluding carboxylic acids is 1. The number of phenolic OH excluding ortho intramolecular Hbond substituents is 1. The van der Waals surface area contributed by atoms with E-state index in [4.69, 9.17) is 11.6 Å². The number of hydrogen-bond donors (Lipinski definition) is 2. The number of phenols is 1. The van der Waals surface area contributed by atoms with Gasteiger partial charge in [-0.15, -0.1) is 11.6 Å². The van der Waals surface area contributed by atoms with Gasteiger partial charge in [-0.05, 0) is 42.5 Å². The molecule has 0 spiro atoms. The lowest BCUT2D eigenvalue weighted by Gasteiger charge is -2.23. The average Bonchev–Trinajstić information content (AvgIpc) is 2.30. The first-order valence-electron chi connectivity index (χ1n) is 5.99. The van der Waals surface area contributed by atoms with E-state index in [-0.39, 0.29) is 17.1 Å². The molecule has 18 heavy (non-hydrogen) atoms. The predicted octanol–water partition coefficient (Wildman–Crippen LogP) is 3.09. The number of carbonyl (C=O) groups is 1. The average molecular weight is 270 g/mol. The summed E-state index contributed by atoms with van der Waals surface area (Å²) in [4.78, 5) is 11.9. The zero-order valence-corrected chi connectivity index (χ0v) is 11.8. The summed E-state index contributed by atoms with van der Waals surface area (Å²) in [6.07, 6.45) is 0.851. The van der Waals surface area contributed by atoms with Crippen molar-refractivity contribution in [2.75, 3.05) is 12.4 Å². The van der Waals surface area contributed by atoms with Crippen LogP contribution < -0.4 is 5.32 Å². The van der Waals surface area contributed by atoms with Gasteiger partial charge in [0, 0.05) is 18.0 Å². The first kappa shape index (κ1) is 14.8. The quantitative estimate of drug-likeness (QED) is 0.807. The van der Waals surface area contributed by atoms with Gasteiger partial charge in [0.2, 0.25) is 0 Å². The summed E-state index contributed by atoms with van der Waals surface area (Å²) in [5, 5.41) is 12.3. The number of hydrogen-bond acceptors (Lipinski definition) is 2. The largest absolute Gasteiger partial charge is 0.508 e. The molecule has 0 saturated carbocycles. The minimum atomic E-state index is -0.124. The van der Waals surface area contributed by atoms with Gasteiger partial charge in [0.25, 0.3) is 5.91 Å². The lowest BCUT2D eigenvalue weighted by molar-refractivity contribution is 0.0935. The van der Waals surface area contributed by atoms with Crippen LogP contribution in [-0.2, 0) is 0 Å². The van der Waals surface area contributed by atoms with Gasteiger partial charge in [-0.25, -0.2) is 0 Å². The number of aromatic hydroxyl groups is 1. The van der Waals surface area contributed by atoms with Crippen LogP contribution in [0.25, 0.3) is 0 Å². The molecule has 0 radical (unpaired) electrons. The van der Waals surface area contributed by atoms with Gasteiger partial charge in [-0.2, -0.15) is 0 Å². The maximum absolute atomic E-state index is 11.9. The second-order valence-corrected chi connectivity index (χ2v) is 5.67. The maximum Gasteiger partial charge on any atom is 0.251 e. The lowest BCUT2D eigenvalue weighted by Crippen LogP contribution is -2.34. The summed E-state index contributed by atoms with van der Waals surface area (Å²) in [6.45, 7) is 6.48. The zero-order chi connectivity index (χ0) is 13.8. The highest BCUT2D eigenvalue weighted by Gasteiger charge is 2.18. The van der Waals surface area contributed by atoms with Gasteiger partial charge < -0.3 is 10.4 Å². The zero-order valence-electron chi connectivity index (χ0n) is 11.1. The summed E-state index contributed by atoms with van der Waals surface area (Å²) in [7, 11) is 0. The predicted molar refractivity (Wildman–Crippen MR) is 74.3 cm³/mol. The van der Waals surface area contributed by atoms with Crippen LogP contribution in [-0.4, -0.2) is 23.4 Å². The Hall–Kier alpha value is -1.22. The molecule has 0 aliphatic carbocycles. The van der Waals surface area contributed by atoms with Crippen molar-refractivity contribution < 1.29 is 9.90 Å². The van der Waals surface area contributed by atoms with Gasteiger partial charge in [0.15, 0.2) is 0 Å². The number of halogens is 1. The van der Waals surface area contributed by atoms with Gasteiger partial charge in [-0.1, -0.05) is 13.8 Å². The van der Waals surface area contributed by atoms with Crippen molar-refractivity contribution in [1.82, 2.24) is 5.32 Å². The van der Waals surface area contributed by atoms with E-state index in [1.54, 1.807) is 19.1 Å². The summed E-state index contributed by atoms with van der Waals surface area (Å²) in [5.74, 6) is 0.663. The molecule has 1 aromatic rings. The Morgan fingerprint density at radius 3 is 2.67 bits per heavy atom. The van der Waals surface area contributed by atoms with Crippen molar-refractivity contribution in [2.45, 2.75) is 27.2 Å². The van der Waals surface area contributed by atoms with Crippen LogP contribution in [0.1, 0.15) is 36.2 Å². The molecule has 0 atom stereocenters. The molecule has 1 aromatic carbocycles. The van der Waals surface area contributed by atoms with E-state index < -0.39 is 0 Å². The van der Waals surface area contributed by atoms with E-state index in [0.717, 1.165) is 6.42 Å². The molecule has 1 amide bonds. The minimum Gasteiger partial charge on any atom is -0.508 e. The Morgan fingerprint density at radius 2 is 2.11 bits per heavy atom. The summed E-state index contributed by atoms with van der Waals surface area (Å²) in [5.41, 5.74) is 1.25. The van der Waals surface area contributed by atoms with Crippen molar-refractivity contribution in [2.24, 2.45) is 5.41 Å². The summed E-state index contributed by atoms with van der Waals surface area (Å²) in [6, 6.07) is 4.83. The van der Waals surface area contributed by atoms with Gasteiger partial charge in [0.1, 0.15) is 5.75 Å². The van der Waals surface area contributed by atoms with E-state index >= 15 is 0 Å². The lowest BCUT2D eigenvalue weighted by atomic mass is 9.90. The molecule has 2 N–H and O–H groups in total. The Labute approximate surface area is 113 Å². The Kier molecular flexibility index (Phi) is 5.03. The van der Waals surface area contributed by atoms with Crippen LogP contribution in [0.15, 0.2) is 18.2 Å². The highest BCUT2D eigenvalue weighted by molar-refractivity contribution is 6.17. The molecule has 0 unspecified atom stereocenters.